The second-order valence-electron chi connectivity index (χ2n) is 9.13. The van der Waals surface area contributed by atoms with Crippen LogP contribution in [-0.2, 0) is 15.8 Å². The quantitative estimate of drug-likeness (QED) is 0.389. The molecule has 2 heterocycles. The molecule has 1 saturated heterocycles. The molecule has 0 N–H and O–H groups in total. The number of para-hydroxylation sites is 3. The Balaban J connectivity index is 1.31. The lowest BCUT2D eigenvalue weighted by Gasteiger charge is -2.38. The lowest BCUT2D eigenvalue weighted by atomic mass is 10.1. The predicted octanol–water partition coefficient (Wildman–Crippen LogP) is 5.54. The minimum atomic E-state index is -4.43. The number of piperazine rings is 1. The Morgan fingerprint density at radius 3 is 2.23 bits per heavy atom. The van der Waals surface area contributed by atoms with Gasteiger partial charge in [0.05, 0.1) is 29.0 Å². The summed E-state index contributed by atoms with van der Waals surface area (Å²) in [6, 6.07) is 19.7. The number of ether oxygens (including phenoxy) is 1. The molecule has 5 rings (SSSR count). The van der Waals surface area contributed by atoms with Crippen LogP contribution in [0.4, 0.5) is 24.5 Å². The Kier molecular flexibility index (Phi) is 7.56. The van der Waals surface area contributed by atoms with E-state index in [4.69, 9.17) is 4.74 Å². The highest BCUT2D eigenvalue weighted by molar-refractivity contribution is 8.04. The normalized spacial score (nSPS) is 16.9. The summed E-state index contributed by atoms with van der Waals surface area (Å²) in [7, 11) is 1.63. The highest BCUT2D eigenvalue weighted by atomic mass is 32.2. The summed E-state index contributed by atoms with van der Waals surface area (Å²) in [6.45, 7) is 2.14. The number of rotatable bonds is 5. The summed E-state index contributed by atoms with van der Waals surface area (Å²) in [5.41, 5.74) is 1.33. The van der Waals surface area contributed by atoms with Gasteiger partial charge in [0, 0.05) is 31.1 Å². The van der Waals surface area contributed by atoms with Gasteiger partial charge in [0.1, 0.15) is 12.3 Å². The van der Waals surface area contributed by atoms with Crippen LogP contribution in [-0.4, -0.2) is 56.5 Å². The van der Waals surface area contributed by atoms with Gasteiger partial charge in [-0.25, -0.2) is 0 Å². The van der Waals surface area contributed by atoms with Gasteiger partial charge in [-0.1, -0.05) is 48.2 Å². The van der Waals surface area contributed by atoms with Crippen molar-refractivity contribution in [1.82, 2.24) is 4.90 Å². The van der Waals surface area contributed by atoms with Gasteiger partial charge in [0.25, 0.3) is 5.91 Å². The van der Waals surface area contributed by atoms with Gasteiger partial charge in [-0.05, 0) is 48.0 Å². The SMILES string of the molecule is COc1ccccc1N1CCN(C(=O)CN2C(=O)/C(=C/c3ccc(C(F)(F)F)cc3)Sc3ccccc32)CC1. The van der Waals surface area contributed by atoms with Crippen molar-refractivity contribution in [2.45, 2.75) is 11.1 Å². The number of hydrogen-bond donors (Lipinski definition) is 0. The molecule has 2 aliphatic heterocycles. The van der Waals surface area contributed by atoms with E-state index in [9.17, 15) is 22.8 Å². The Hall–Kier alpha value is -3.92. The summed E-state index contributed by atoms with van der Waals surface area (Å²) in [5.74, 6) is 0.246. The number of thioether (sulfide) groups is 1. The zero-order valence-electron chi connectivity index (χ0n) is 21.1. The van der Waals surface area contributed by atoms with Crippen LogP contribution in [0, 0.1) is 0 Å². The minimum Gasteiger partial charge on any atom is -0.495 e. The zero-order chi connectivity index (χ0) is 27.6. The van der Waals surface area contributed by atoms with Gasteiger partial charge >= 0.3 is 6.18 Å². The maximum atomic E-state index is 13.5. The molecular weight excluding hydrogens is 527 g/mol. The Labute approximate surface area is 228 Å². The number of carbonyl (C=O) groups excluding carboxylic acids is 2. The third kappa shape index (κ3) is 5.75. The molecule has 6 nitrogen and oxygen atoms in total. The maximum Gasteiger partial charge on any atom is 0.416 e. The minimum absolute atomic E-state index is 0.130. The van der Waals surface area contributed by atoms with Crippen LogP contribution in [0.15, 0.2) is 82.6 Å². The summed E-state index contributed by atoms with van der Waals surface area (Å²) >= 11 is 1.24. The van der Waals surface area contributed by atoms with E-state index in [0.717, 1.165) is 28.5 Å². The third-order valence-electron chi connectivity index (χ3n) is 6.72. The molecule has 0 aliphatic carbocycles. The van der Waals surface area contributed by atoms with Crippen LogP contribution in [0.1, 0.15) is 11.1 Å². The molecule has 2 amide bonds. The van der Waals surface area contributed by atoms with E-state index in [1.165, 1.54) is 28.8 Å². The lowest BCUT2D eigenvalue weighted by molar-refractivity contribution is -0.137. The number of anilines is 2. The number of hydrogen-bond acceptors (Lipinski definition) is 5. The number of halogens is 3. The van der Waals surface area contributed by atoms with Crippen molar-refractivity contribution in [2.24, 2.45) is 0 Å². The average molecular weight is 554 g/mol. The smallest absolute Gasteiger partial charge is 0.416 e. The molecule has 0 bridgehead atoms. The van der Waals surface area contributed by atoms with E-state index in [0.29, 0.717) is 42.3 Å². The molecule has 0 saturated carbocycles. The van der Waals surface area contributed by atoms with Crippen LogP contribution in [0.5, 0.6) is 5.75 Å². The first-order valence-electron chi connectivity index (χ1n) is 12.4. The highest BCUT2D eigenvalue weighted by Gasteiger charge is 2.33. The van der Waals surface area contributed by atoms with Gasteiger partial charge in [-0.2, -0.15) is 13.2 Å². The van der Waals surface area contributed by atoms with E-state index in [1.54, 1.807) is 30.2 Å². The van der Waals surface area contributed by atoms with Crippen LogP contribution in [0.2, 0.25) is 0 Å². The molecular formula is C29H26F3N3O3S. The second-order valence-corrected chi connectivity index (χ2v) is 10.2. The fourth-order valence-corrected chi connectivity index (χ4v) is 5.72. The molecule has 0 spiro atoms. The summed E-state index contributed by atoms with van der Waals surface area (Å²) < 4.78 is 44.3. The first kappa shape index (κ1) is 26.7. The summed E-state index contributed by atoms with van der Waals surface area (Å²) in [6.07, 6.45) is -2.87. The number of benzene rings is 3. The van der Waals surface area contributed by atoms with Crippen molar-refractivity contribution in [2.75, 3.05) is 49.6 Å². The summed E-state index contributed by atoms with van der Waals surface area (Å²) in [5, 5.41) is 0. The monoisotopic (exact) mass is 553 g/mol. The van der Waals surface area contributed by atoms with E-state index < -0.39 is 11.7 Å². The van der Waals surface area contributed by atoms with Crippen molar-refractivity contribution in [3.8, 4) is 5.75 Å². The number of fused-ring (bicyclic) bond motifs is 1. The Morgan fingerprint density at radius 2 is 1.56 bits per heavy atom. The fraction of sp³-hybridized carbons (Fsp3) is 0.241. The first-order chi connectivity index (χ1) is 18.7. The van der Waals surface area contributed by atoms with Crippen molar-refractivity contribution in [1.29, 1.82) is 0 Å². The standard InChI is InChI=1S/C29H26F3N3O3S/c1-38-24-8-4-2-6-22(24)33-14-16-34(17-15-33)27(36)19-35-23-7-3-5-9-25(23)39-26(28(35)37)18-20-10-12-21(13-11-20)29(30,31)32/h2-13,18H,14-17,19H2,1H3/b26-18-. The molecule has 39 heavy (non-hydrogen) atoms. The van der Waals surface area contributed by atoms with Gasteiger partial charge < -0.3 is 14.5 Å². The van der Waals surface area contributed by atoms with E-state index in [-0.39, 0.29) is 18.4 Å². The van der Waals surface area contributed by atoms with Crippen molar-refractivity contribution >= 4 is 41.0 Å². The Morgan fingerprint density at radius 1 is 0.923 bits per heavy atom. The van der Waals surface area contributed by atoms with E-state index in [2.05, 4.69) is 4.90 Å². The van der Waals surface area contributed by atoms with Crippen molar-refractivity contribution in [3.05, 3.63) is 88.8 Å². The molecule has 2 aliphatic rings. The maximum absolute atomic E-state index is 13.5. The van der Waals surface area contributed by atoms with Crippen LogP contribution in [0.25, 0.3) is 6.08 Å². The molecule has 10 heteroatoms. The van der Waals surface area contributed by atoms with Gasteiger partial charge in [0.2, 0.25) is 5.91 Å². The molecule has 3 aromatic carbocycles. The molecule has 202 valence electrons. The van der Waals surface area contributed by atoms with Gasteiger partial charge in [-0.3, -0.25) is 14.5 Å². The highest BCUT2D eigenvalue weighted by Crippen LogP contribution is 2.42. The zero-order valence-corrected chi connectivity index (χ0v) is 22.0. The van der Waals surface area contributed by atoms with Crippen molar-refractivity contribution in [3.63, 3.8) is 0 Å². The number of amides is 2. The van der Waals surface area contributed by atoms with Crippen molar-refractivity contribution < 1.29 is 27.5 Å². The number of carbonyl (C=O) groups is 2. The third-order valence-corrected chi connectivity index (χ3v) is 7.80. The van der Waals surface area contributed by atoms with E-state index >= 15 is 0 Å². The number of alkyl halides is 3. The van der Waals surface area contributed by atoms with Crippen LogP contribution >= 0.6 is 11.8 Å². The second kappa shape index (κ2) is 11.1. The number of nitrogens with zero attached hydrogens (tertiary/aromatic N) is 3. The fourth-order valence-electron chi connectivity index (χ4n) is 4.66. The Bertz CT molecular complexity index is 1400. The molecule has 3 aromatic rings. The first-order valence-corrected chi connectivity index (χ1v) is 13.2. The topological polar surface area (TPSA) is 53.1 Å². The van der Waals surface area contributed by atoms with Gasteiger partial charge in [0.15, 0.2) is 0 Å². The van der Waals surface area contributed by atoms with Crippen LogP contribution in [0.3, 0.4) is 0 Å². The van der Waals surface area contributed by atoms with Gasteiger partial charge in [-0.15, -0.1) is 0 Å². The van der Waals surface area contributed by atoms with Crippen LogP contribution < -0.4 is 14.5 Å². The van der Waals surface area contributed by atoms with E-state index in [1.807, 2.05) is 36.4 Å². The molecule has 1 fully saturated rings. The average Bonchev–Trinajstić information content (AvgIpc) is 2.95. The molecule has 0 atom stereocenters. The predicted molar refractivity (Wildman–Crippen MR) is 146 cm³/mol. The largest absolute Gasteiger partial charge is 0.495 e. The molecule has 0 aromatic heterocycles. The molecule has 0 radical (unpaired) electrons. The lowest BCUT2D eigenvalue weighted by Crippen LogP contribution is -2.52. The summed E-state index contributed by atoms with van der Waals surface area (Å²) in [4.78, 5) is 33.4. The molecule has 0 unspecified atom stereocenters. The number of methoxy groups -OCH3 is 1.